The molecule has 2 aliphatic heterocycles. The maximum Gasteiger partial charge on any atom is 0.191 e. The molecule has 4 aromatic rings. The third kappa shape index (κ3) is 50.4. The topological polar surface area (TPSA) is 139 Å². The number of nitrogens with zero attached hydrogens (tertiary/aromatic N) is 4. The second-order valence-corrected chi connectivity index (χ2v) is 34.7. The number of hydrogen-bond donors (Lipinski definition) is 4. The van der Waals surface area contributed by atoms with Crippen LogP contribution in [-0.2, 0) is 38.4 Å². The first-order valence-corrected chi connectivity index (χ1v) is 47.4. The first-order chi connectivity index (χ1) is 56.5. The van der Waals surface area contributed by atoms with Crippen LogP contribution in [0.3, 0.4) is 0 Å². The average Bonchev–Trinajstić information content (AvgIpc) is 0.843. The number of ketones is 4. The number of aliphatic hydroxyl groups is 2. The molecule has 0 bridgehead atoms. The van der Waals surface area contributed by atoms with Crippen molar-refractivity contribution in [2.45, 2.75) is 320 Å². The number of para-hydroxylation sites is 1. The van der Waals surface area contributed by atoms with Crippen LogP contribution in [0, 0.1) is 55.4 Å². The number of benzene rings is 4. The van der Waals surface area contributed by atoms with E-state index >= 15 is 0 Å². The molecule has 119 heavy (non-hydrogen) atoms. The first kappa shape index (κ1) is 115. The highest BCUT2D eigenvalue weighted by Gasteiger charge is 2.32. The summed E-state index contributed by atoms with van der Waals surface area (Å²) in [7, 11) is 10.6. The summed E-state index contributed by atoms with van der Waals surface area (Å²) >= 11 is 3.54. The molecule has 2 fully saturated rings. The maximum atomic E-state index is 13.5. The van der Waals surface area contributed by atoms with Gasteiger partial charge in [-0.15, -0.1) is 0 Å². The molecule has 2 heterocycles. The zero-order valence-electron chi connectivity index (χ0n) is 77.4. The molecule has 0 spiro atoms. The van der Waals surface area contributed by atoms with Crippen molar-refractivity contribution < 1.29 is 72.3 Å². The van der Waals surface area contributed by atoms with Crippen molar-refractivity contribution in [2.24, 2.45) is 0 Å². The van der Waals surface area contributed by atoms with E-state index in [1.807, 2.05) is 48.3 Å². The van der Waals surface area contributed by atoms with Gasteiger partial charge in [0.1, 0.15) is 19.6 Å². The minimum Gasteiger partial charge on any atom is -1.00 e. The van der Waals surface area contributed by atoms with Crippen LogP contribution in [-0.4, -0.2) is 190 Å². The summed E-state index contributed by atoms with van der Waals surface area (Å²) < 4.78 is 1.74. The molecule has 4 unspecified atom stereocenters. The van der Waals surface area contributed by atoms with Crippen molar-refractivity contribution in [1.82, 2.24) is 15.1 Å². The van der Waals surface area contributed by atoms with Crippen LogP contribution < -0.4 is 44.6 Å². The van der Waals surface area contributed by atoms with Gasteiger partial charge in [0, 0.05) is 55.0 Å². The lowest BCUT2D eigenvalue weighted by Crippen LogP contribution is -3.00. The largest absolute Gasteiger partial charge is 1.00 e. The predicted molar refractivity (Wildman–Crippen MR) is 509 cm³/mol. The number of carbonyl (C=O) groups excluding carboxylic acids is 4. The van der Waals surface area contributed by atoms with E-state index in [0.717, 1.165) is 123 Å². The van der Waals surface area contributed by atoms with Gasteiger partial charge in [-0.05, 0) is 252 Å². The Labute approximate surface area is 760 Å². The summed E-state index contributed by atoms with van der Waals surface area (Å²) in [6, 6.07) is 25.8. The minimum absolute atomic E-state index is 0. The average molecular weight is 1830 g/mol. The van der Waals surface area contributed by atoms with Crippen LogP contribution in [0.1, 0.15) is 282 Å². The van der Waals surface area contributed by atoms with Crippen LogP contribution in [0.2, 0.25) is 12.6 Å². The summed E-state index contributed by atoms with van der Waals surface area (Å²) in [6.07, 6.45) is 48.7. The highest BCUT2D eigenvalue weighted by molar-refractivity contribution is 9.09. The number of nitrogens with one attached hydrogen (secondary N) is 2. The van der Waals surface area contributed by atoms with Gasteiger partial charge >= 0.3 is 0 Å². The van der Waals surface area contributed by atoms with Crippen molar-refractivity contribution in [3.8, 4) is 0 Å². The van der Waals surface area contributed by atoms with Crippen molar-refractivity contribution in [3.05, 3.63) is 183 Å². The number of anilines is 1. The summed E-state index contributed by atoms with van der Waals surface area (Å²) in [5, 5.41) is 27.2. The highest BCUT2D eigenvalue weighted by Crippen LogP contribution is 2.29. The van der Waals surface area contributed by atoms with Crippen molar-refractivity contribution in [1.29, 1.82) is 0 Å². The minimum atomic E-state index is 0. The van der Waals surface area contributed by atoms with Gasteiger partial charge in [0.15, 0.2) is 23.1 Å². The molecule has 2 aliphatic rings. The van der Waals surface area contributed by atoms with Crippen LogP contribution in [0.5, 0.6) is 0 Å². The lowest BCUT2D eigenvalue weighted by molar-refractivity contribution is -0.921. The fraction of sp³-hybridized carbons (Fsp3) is 0.647. The molecule has 0 aromatic heterocycles. The van der Waals surface area contributed by atoms with Crippen molar-refractivity contribution >= 4 is 60.4 Å². The number of alkyl halides is 1. The summed E-state index contributed by atoms with van der Waals surface area (Å²) in [5.41, 5.74) is 15.9. The highest BCUT2D eigenvalue weighted by atomic mass is 79.9. The number of allylic oxidation sites excluding steroid dienone is 6. The Kier molecular flexibility index (Phi) is 69.2. The van der Waals surface area contributed by atoms with Gasteiger partial charge in [0.25, 0.3) is 0 Å². The second kappa shape index (κ2) is 71.8. The van der Waals surface area contributed by atoms with Gasteiger partial charge in [0.05, 0.1) is 74.2 Å². The molecule has 4 aromatic carbocycles. The number of rotatable bonds is 56. The zero-order chi connectivity index (χ0) is 86.3. The van der Waals surface area contributed by atoms with Crippen molar-refractivity contribution in [2.75, 3.05) is 115 Å². The number of likely N-dealkylation sites (tertiary alicyclic amines) is 1. The van der Waals surface area contributed by atoms with E-state index in [-0.39, 0.29) is 59.0 Å². The Morgan fingerprint density at radius 1 is 0.513 bits per heavy atom. The number of aliphatic hydroxyl groups excluding tert-OH is 2. The smallest absolute Gasteiger partial charge is 0.191 e. The van der Waals surface area contributed by atoms with E-state index in [4.69, 9.17) is 20.8 Å². The fourth-order valence-electron chi connectivity index (χ4n) is 16.7. The number of halogens is 3. The van der Waals surface area contributed by atoms with Gasteiger partial charge in [-0.25, -0.2) is 0 Å². The molecule has 668 valence electrons. The van der Waals surface area contributed by atoms with E-state index in [2.05, 4.69) is 194 Å². The number of hydrogen-bond acceptors (Lipinski definition) is 10. The monoisotopic (exact) mass is 1830 g/mol. The maximum absolute atomic E-state index is 13.5. The van der Waals surface area contributed by atoms with Gasteiger partial charge in [0.2, 0.25) is 0 Å². The molecule has 0 saturated carbocycles. The lowest BCUT2D eigenvalue weighted by Gasteiger charge is -2.38. The van der Waals surface area contributed by atoms with Crippen LogP contribution >= 0.6 is 15.9 Å². The van der Waals surface area contributed by atoms with E-state index in [9.17, 15) is 24.3 Å². The lowest BCUT2D eigenvalue weighted by atomic mass is 9.92. The molecule has 4 N–H and O–H groups in total. The normalized spacial score (nSPS) is 15.0. The summed E-state index contributed by atoms with van der Waals surface area (Å²) in [6.45, 7) is 45.1. The molecule has 2 saturated heterocycles. The Morgan fingerprint density at radius 3 is 1.41 bits per heavy atom. The SMILES string of the molecule is C/C=C/C=C\C=C\CC(=O)CN(CCO)CCCCC.C=C(Nc1c(C)cccc1C)C1CCCCN1CCCCCC[N+](CCO)(CCCCC)CC(=O)Cc1c(C)cccc1C.CCCCC[N+](CCC)(CCCCCCBr)CC(=O)Cc1c(C)cccc1C.Cc1cccc(C)c1CC(=O)C1CCCCN1.[B]CCCCCC[B].[Br-].[Br-]. The van der Waals surface area contributed by atoms with Gasteiger partial charge in [-0.3, -0.25) is 29.0 Å². The van der Waals surface area contributed by atoms with Crippen LogP contribution in [0.25, 0.3) is 0 Å². The second-order valence-electron chi connectivity index (χ2n) is 33.9. The third-order valence-corrected chi connectivity index (χ3v) is 24.2. The molecule has 4 radical (unpaired) electrons. The molecule has 0 aliphatic carbocycles. The fourth-order valence-corrected chi connectivity index (χ4v) is 17.1. The van der Waals surface area contributed by atoms with Crippen LogP contribution in [0.15, 0.2) is 122 Å². The first-order valence-electron chi connectivity index (χ1n) is 46.3. The molecular weight excluding hydrogens is 1670 g/mol. The number of unbranched alkanes of at least 4 members (excludes halogenated alkanes) is 15. The van der Waals surface area contributed by atoms with Gasteiger partial charge in [-0.2, -0.15) is 0 Å². The number of carbonyl (C=O) groups is 4. The van der Waals surface area contributed by atoms with Gasteiger partial charge in [-0.1, -0.05) is 249 Å². The Balaban J connectivity index is 0.00000160. The molecule has 0 amide bonds. The summed E-state index contributed by atoms with van der Waals surface area (Å²) in [5.74, 6) is 1.27. The summed E-state index contributed by atoms with van der Waals surface area (Å²) in [4.78, 5) is 55.4. The number of quaternary nitrogens is 2. The molecule has 6 rings (SSSR count). The Bertz CT molecular complexity index is 3350. The predicted octanol–water partition coefficient (Wildman–Crippen LogP) is 16.3. The van der Waals surface area contributed by atoms with E-state index in [1.165, 1.54) is 215 Å². The Morgan fingerprint density at radius 2 is 0.958 bits per heavy atom. The van der Waals surface area contributed by atoms with E-state index in [1.54, 1.807) is 0 Å². The standard InChI is InChI=1S/C39H62N3O2.C25H43BrNO.C17H29NO2.C15H21NO.C6H12B2.2BrH/c1-7-8-14-25-42(27-28-43,30-36(44)29-37-31(2)18-16-19-32(37)3)26-15-10-9-12-23-41-24-13-11-22-38(41)35(6)40-39-33(4)20-17-21-34(39)5;1-5-7-11-18-27(17-6-2,19-12-9-8-10-16-26)21-24(28)20-25-22(3)14-13-15-23(25)4;1-3-5-7-8-9-10-12-17(20)16-18(14-15-19)13-11-6-4-2;1-11-6-5-7-12(2)13(11)10-15(17)14-8-3-4-9-16-14;7-5-3-1-2-4-6-8;;/h16-21,38,40,43H,6-15,22-30H2,1-5H3;13-15H,5-12,16-21H2,1-4H3;3,5,7-10,19H,4,6,11-16H2,1-2H3;5-7,14,16H,3-4,8-10H2,1-2H3;1-6H2;2*1H/q2*+1;;;;;/p-2/b;;5-3+,8-7-,10-9+;;;;. The molecule has 17 heteroatoms. The van der Waals surface area contributed by atoms with Gasteiger partial charge < -0.3 is 63.8 Å². The quantitative estimate of drug-likeness (QED) is 0.0111. The zero-order valence-corrected chi connectivity index (χ0v) is 82.2. The van der Waals surface area contributed by atoms with E-state index < -0.39 is 0 Å². The Hall–Kier alpha value is -4.39. The van der Waals surface area contributed by atoms with Crippen LogP contribution in [0.4, 0.5) is 5.69 Å². The van der Waals surface area contributed by atoms with Crippen molar-refractivity contribution in [3.63, 3.8) is 0 Å². The number of piperidine rings is 2. The molecule has 12 nitrogen and oxygen atoms in total. The number of Topliss-reactive ketones (excluding diaryl/α,β-unsaturated/α-hetero) is 4. The third-order valence-electron chi connectivity index (χ3n) is 23.7. The molecule has 4 atom stereocenters. The number of aryl methyl sites for hydroxylation is 8. The molecular formula is C102H167B2Br3N6O6. The van der Waals surface area contributed by atoms with E-state index in [0.29, 0.717) is 81.8 Å².